The van der Waals surface area contributed by atoms with Gasteiger partial charge in [-0.05, 0) is 13.3 Å². The summed E-state index contributed by atoms with van der Waals surface area (Å²) in [7, 11) is 1.94. The molecule has 16 heavy (non-hydrogen) atoms. The molecule has 0 saturated heterocycles. The number of rotatable bonds is 6. The molecule has 0 bridgehead atoms. The molecule has 1 rings (SSSR count). The molecule has 1 atom stereocenters. The lowest BCUT2D eigenvalue weighted by molar-refractivity contribution is -0.136. The molecule has 0 aliphatic heterocycles. The molecule has 2 N–H and O–H groups in total. The number of hydrogen-bond acceptors (Lipinski definition) is 3. The van der Waals surface area contributed by atoms with Crippen LogP contribution in [0, 0.1) is 0 Å². The quantitative estimate of drug-likeness (QED) is 0.751. The van der Waals surface area contributed by atoms with E-state index in [9.17, 15) is 4.79 Å². The fourth-order valence-electron chi connectivity index (χ4n) is 1.52. The Labute approximate surface area is 95.5 Å². The molecule has 0 unspecified atom stereocenters. The number of carboxylic acid groups (broad SMARTS) is 1. The van der Waals surface area contributed by atoms with Crippen molar-refractivity contribution in [1.82, 2.24) is 14.9 Å². The lowest BCUT2D eigenvalue weighted by atomic mass is 9.94. The van der Waals surface area contributed by atoms with Crippen LogP contribution >= 0.6 is 0 Å². The van der Waals surface area contributed by atoms with Gasteiger partial charge in [0.1, 0.15) is 5.82 Å². The van der Waals surface area contributed by atoms with Crippen LogP contribution in [-0.2, 0) is 18.3 Å². The zero-order chi connectivity index (χ0) is 12.2. The Morgan fingerprint density at radius 1 is 1.69 bits per heavy atom. The normalized spacial score (nSPS) is 14.7. The molecule has 0 saturated carbocycles. The first-order valence-corrected chi connectivity index (χ1v) is 5.40. The van der Waals surface area contributed by atoms with Crippen molar-refractivity contribution in [3.8, 4) is 0 Å². The number of carbonyl (C=O) groups is 1. The summed E-state index contributed by atoms with van der Waals surface area (Å²) in [6.45, 7) is 4.04. The van der Waals surface area contributed by atoms with Crippen LogP contribution in [0.15, 0.2) is 12.4 Å². The first-order chi connectivity index (χ1) is 7.47. The van der Waals surface area contributed by atoms with Crippen LogP contribution in [0.3, 0.4) is 0 Å². The van der Waals surface area contributed by atoms with Crippen molar-refractivity contribution in [1.29, 1.82) is 0 Å². The van der Waals surface area contributed by atoms with Crippen molar-refractivity contribution in [2.45, 2.75) is 32.2 Å². The van der Waals surface area contributed by atoms with Crippen molar-refractivity contribution >= 4 is 5.97 Å². The van der Waals surface area contributed by atoms with Gasteiger partial charge >= 0.3 is 5.97 Å². The summed E-state index contributed by atoms with van der Waals surface area (Å²) in [4.78, 5) is 14.8. The highest BCUT2D eigenvalue weighted by Gasteiger charge is 2.24. The second-order valence-electron chi connectivity index (χ2n) is 4.29. The number of carboxylic acids is 1. The van der Waals surface area contributed by atoms with E-state index in [1.807, 2.05) is 31.7 Å². The Balaban J connectivity index is 2.66. The van der Waals surface area contributed by atoms with Crippen LogP contribution in [-0.4, -0.2) is 32.7 Å². The third-order valence-electron chi connectivity index (χ3n) is 2.92. The molecule has 0 aliphatic carbocycles. The smallest absolute Gasteiger partial charge is 0.317 e. The average Bonchev–Trinajstić information content (AvgIpc) is 2.62. The highest BCUT2D eigenvalue weighted by molar-refractivity contribution is 5.69. The molecule has 1 aromatic heterocycles. The van der Waals surface area contributed by atoms with Crippen molar-refractivity contribution in [2.75, 3.05) is 6.54 Å². The Morgan fingerprint density at radius 3 is 2.81 bits per heavy atom. The SMILES string of the molecule is CC[C@](C)(Cc1nccn1C)NCC(=O)O. The molecule has 0 aliphatic rings. The number of aryl methyl sites for hydroxylation is 1. The van der Waals surface area contributed by atoms with Crippen LogP contribution in [0.2, 0.25) is 0 Å². The Hall–Kier alpha value is -1.36. The van der Waals surface area contributed by atoms with E-state index >= 15 is 0 Å². The molecule has 90 valence electrons. The van der Waals surface area contributed by atoms with Crippen molar-refractivity contribution < 1.29 is 9.90 Å². The van der Waals surface area contributed by atoms with Crippen LogP contribution in [0.25, 0.3) is 0 Å². The molecule has 0 radical (unpaired) electrons. The van der Waals surface area contributed by atoms with E-state index in [1.54, 1.807) is 6.20 Å². The first-order valence-electron chi connectivity index (χ1n) is 5.40. The van der Waals surface area contributed by atoms with E-state index in [-0.39, 0.29) is 12.1 Å². The fraction of sp³-hybridized carbons (Fsp3) is 0.636. The lowest BCUT2D eigenvalue weighted by Crippen LogP contribution is -2.46. The fourth-order valence-corrected chi connectivity index (χ4v) is 1.52. The van der Waals surface area contributed by atoms with Crippen molar-refractivity contribution in [3.05, 3.63) is 18.2 Å². The summed E-state index contributed by atoms with van der Waals surface area (Å²) < 4.78 is 1.95. The van der Waals surface area contributed by atoms with E-state index in [0.29, 0.717) is 0 Å². The van der Waals surface area contributed by atoms with Gasteiger partial charge < -0.3 is 15.0 Å². The number of hydrogen-bond donors (Lipinski definition) is 2. The maximum Gasteiger partial charge on any atom is 0.317 e. The van der Waals surface area contributed by atoms with E-state index < -0.39 is 5.97 Å². The Morgan fingerprint density at radius 2 is 2.38 bits per heavy atom. The molecular formula is C11H19N3O2. The van der Waals surface area contributed by atoms with Crippen LogP contribution in [0.4, 0.5) is 0 Å². The van der Waals surface area contributed by atoms with Crippen molar-refractivity contribution in [2.24, 2.45) is 7.05 Å². The molecule has 0 amide bonds. The number of aromatic nitrogens is 2. The van der Waals surface area contributed by atoms with Gasteiger partial charge in [-0.1, -0.05) is 6.92 Å². The standard InChI is InChI=1S/C11H19N3O2/c1-4-11(2,13-8-10(15)16)7-9-12-5-6-14(9)3/h5-6,13H,4,7-8H2,1-3H3,(H,15,16)/t11-/m1/s1. The molecule has 0 aromatic carbocycles. The topological polar surface area (TPSA) is 67.2 Å². The summed E-state index contributed by atoms with van der Waals surface area (Å²) in [6, 6.07) is 0. The zero-order valence-electron chi connectivity index (χ0n) is 10.0. The van der Waals surface area contributed by atoms with E-state index in [1.165, 1.54) is 0 Å². The maximum absolute atomic E-state index is 10.5. The second-order valence-corrected chi connectivity index (χ2v) is 4.29. The highest BCUT2D eigenvalue weighted by atomic mass is 16.4. The Kier molecular flexibility index (Phi) is 4.06. The highest BCUT2D eigenvalue weighted by Crippen LogP contribution is 2.15. The van der Waals surface area contributed by atoms with Gasteiger partial charge in [0.2, 0.25) is 0 Å². The first kappa shape index (κ1) is 12.7. The van der Waals surface area contributed by atoms with Gasteiger partial charge in [-0.2, -0.15) is 0 Å². The minimum atomic E-state index is -0.834. The van der Waals surface area contributed by atoms with Crippen LogP contribution < -0.4 is 5.32 Å². The largest absolute Gasteiger partial charge is 0.480 e. The number of nitrogens with one attached hydrogen (secondary N) is 1. The summed E-state index contributed by atoms with van der Waals surface area (Å²) in [5.74, 6) is 0.127. The van der Waals surface area contributed by atoms with Gasteiger partial charge in [-0.3, -0.25) is 4.79 Å². The van der Waals surface area contributed by atoms with Gasteiger partial charge in [0.15, 0.2) is 0 Å². The van der Waals surface area contributed by atoms with Gasteiger partial charge in [0.25, 0.3) is 0 Å². The summed E-state index contributed by atoms with van der Waals surface area (Å²) in [6.07, 6.45) is 5.22. The molecule has 0 spiro atoms. The minimum Gasteiger partial charge on any atom is -0.480 e. The van der Waals surface area contributed by atoms with Crippen molar-refractivity contribution in [3.63, 3.8) is 0 Å². The van der Waals surface area contributed by atoms with Crippen LogP contribution in [0.1, 0.15) is 26.1 Å². The maximum atomic E-state index is 10.5. The average molecular weight is 225 g/mol. The molecule has 1 aromatic rings. The number of nitrogens with zero attached hydrogens (tertiary/aromatic N) is 2. The molecule has 5 nitrogen and oxygen atoms in total. The predicted octanol–water partition coefficient (Wildman–Crippen LogP) is 0.805. The van der Waals surface area contributed by atoms with E-state index in [0.717, 1.165) is 18.7 Å². The third kappa shape index (κ3) is 3.34. The molecule has 0 fully saturated rings. The number of imidazole rings is 1. The van der Waals surface area contributed by atoms with Crippen LogP contribution in [0.5, 0.6) is 0 Å². The summed E-state index contributed by atoms with van der Waals surface area (Å²) in [5, 5.41) is 11.7. The van der Waals surface area contributed by atoms with Gasteiger partial charge in [-0.25, -0.2) is 4.98 Å². The molecule has 1 heterocycles. The molecular weight excluding hydrogens is 206 g/mol. The molecule has 5 heteroatoms. The monoisotopic (exact) mass is 225 g/mol. The van der Waals surface area contributed by atoms with E-state index in [4.69, 9.17) is 5.11 Å². The Bertz CT molecular complexity index is 362. The van der Waals surface area contributed by atoms with E-state index in [2.05, 4.69) is 10.3 Å². The van der Waals surface area contributed by atoms with Gasteiger partial charge in [0.05, 0.1) is 6.54 Å². The predicted molar refractivity (Wildman–Crippen MR) is 61.2 cm³/mol. The zero-order valence-corrected chi connectivity index (χ0v) is 10.0. The second kappa shape index (κ2) is 5.12. The lowest BCUT2D eigenvalue weighted by Gasteiger charge is -2.28. The number of aliphatic carboxylic acids is 1. The van der Waals surface area contributed by atoms with Gasteiger partial charge in [-0.15, -0.1) is 0 Å². The summed E-state index contributed by atoms with van der Waals surface area (Å²) in [5.41, 5.74) is -0.225. The minimum absolute atomic E-state index is 0.0191. The summed E-state index contributed by atoms with van der Waals surface area (Å²) >= 11 is 0. The van der Waals surface area contributed by atoms with Gasteiger partial charge in [0, 0.05) is 31.4 Å². The third-order valence-corrected chi connectivity index (χ3v) is 2.92.